The van der Waals surface area contributed by atoms with Crippen molar-refractivity contribution >= 4 is 5.91 Å². The van der Waals surface area contributed by atoms with Gasteiger partial charge in [-0.2, -0.15) is 0 Å². The lowest BCUT2D eigenvalue weighted by molar-refractivity contribution is -0.122. The van der Waals surface area contributed by atoms with Crippen molar-refractivity contribution in [3.8, 4) is 11.4 Å². The molecule has 0 aliphatic heterocycles. The van der Waals surface area contributed by atoms with Gasteiger partial charge in [0.25, 0.3) is 0 Å². The first kappa shape index (κ1) is 46.3. The van der Waals surface area contributed by atoms with Gasteiger partial charge in [0.2, 0.25) is 11.7 Å². The fraction of sp³-hybridized carbons (Fsp3) is 0.743. The highest BCUT2D eigenvalue weighted by Gasteiger charge is 2.05. The van der Waals surface area contributed by atoms with Gasteiger partial charge in [-0.3, -0.25) is 4.79 Å². The topological polar surface area (TPSA) is 208 Å². The molecule has 3 N–H and O–H groups in total. The highest BCUT2D eigenvalue weighted by Crippen LogP contribution is 2.14. The van der Waals surface area contributed by atoms with E-state index in [2.05, 4.69) is 25.7 Å². The maximum absolute atomic E-state index is 12.1. The van der Waals surface area contributed by atoms with Crippen LogP contribution < -0.4 is 11.1 Å². The second-order valence-corrected chi connectivity index (χ2v) is 11.0. The van der Waals surface area contributed by atoms with E-state index in [4.69, 9.17) is 57.8 Å². The molecule has 0 aliphatic carbocycles. The van der Waals surface area contributed by atoms with E-state index in [1.807, 2.05) is 24.3 Å². The molecule has 2 aromatic rings. The Morgan fingerprint density at radius 1 is 0.491 bits per heavy atom. The molecule has 0 saturated heterocycles. The highest BCUT2D eigenvalue weighted by atomic mass is 16.6. The summed E-state index contributed by atoms with van der Waals surface area (Å²) in [7, 11) is 0. The Bertz CT molecular complexity index is 1110. The van der Waals surface area contributed by atoms with Crippen LogP contribution in [-0.4, -0.2) is 178 Å². The molecule has 0 radical (unpaired) electrons. The zero-order valence-electron chi connectivity index (χ0n) is 31.3. The maximum atomic E-state index is 12.1. The van der Waals surface area contributed by atoms with Crippen molar-refractivity contribution < 1.29 is 56.9 Å². The minimum atomic E-state index is -0.0870. The first-order chi connectivity index (χ1) is 26.2. The van der Waals surface area contributed by atoms with E-state index in [-0.39, 0.29) is 12.3 Å². The summed E-state index contributed by atoms with van der Waals surface area (Å²) in [5.41, 5.74) is 7.10. The summed E-state index contributed by atoms with van der Waals surface area (Å²) in [6.07, 6.45) is 0.270. The zero-order valence-corrected chi connectivity index (χ0v) is 31.3. The van der Waals surface area contributed by atoms with E-state index < -0.39 is 0 Å². The number of aryl methyl sites for hydroxylation is 1. The van der Waals surface area contributed by atoms with E-state index in [1.165, 1.54) is 0 Å². The van der Waals surface area contributed by atoms with Gasteiger partial charge in [-0.1, -0.05) is 24.3 Å². The van der Waals surface area contributed by atoms with Crippen molar-refractivity contribution in [2.75, 3.05) is 152 Å². The van der Waals surface area contributed by atoms with Gasteiger partial charge in [0.15, 0.2) is 5.82 Å². The number of aromatic nitrogens is 4. The molecule has 0 atom stereocenters. The fourth-order valence-electron chi connectivity index (χ4n) is 4.01. The van der Waals surface area contributed by atoms with Crippen molar-refractivity contribution in [3.63, 3.8) is 0 Å². The maximum Gasteiger partial charge on any atom is 0.222 e. The second kappa shape index (κ2) is 34.9. The molecule has 1 aromatic heterocycles. The third-order valence-electron chi connectivity index (χ3n) is 6.74. The smallest absolute Gasteiger partial charge is 0.222 e. The molecule has 1 heterocycles. The van der Waals surface area contributed by atoms with Gasteiger partial charge in [0.1, 0.15) is 0 Å². The summed E-state index contributed by atoms with van der Waals surface area (Å²) in [4.78, 5) is 12.1. The van der Waals surface area contributed by atoms with Gasteiger partial charge in [0, 0.05) is 25.1 Å². The van der Waals surface area contributed by atoms with Crippen molar-refractivity contribution in [1.82, 2.24) is 25.7 Å². The molecule has 1 amide bonds. The number of hydrogen-bond donors (Lipinski definition) is 2. The van der Waals surface area contributed by atoms with Crippen LogP contribution in [0.2, 0.25) is 0 Å². The van der Waals surface area contributed by atoms with Gasteiger partial charge in [-0.25, -0.2) is 0 Å². The molecule has 0 aliphatic rings. The lowest BCUT2D eigenvalue weighted by Crippen LogP contribution is -2.24. The van der Waals surface area contributed by atoms with E-state index in [0.717, 1.165) is 11.1 Å². The molecule has 0 unspecified atom stereocenters. The van der Waals surface area contributed by atoms with Gasteiger partial charge < -0.3 is 63.2 Å². The van der Waals surface area contributed by atoms with Crippen molar-refractivity contribution in [3.05, 3.63) is 35.7 Å². The van der Waals surface area contributed by atoms with Crippen LogP contribution >= 0.6 is 0 Å². The number of nitrogens with one attached hydrogen (secondary N) is 1. The summed E-state index contributed by atoms with van der Waals surface area (Å²) < 4.78 is 59.8. The second-order valence-electron chi connectivity index (χ2n) is 11.0. The normalized spacial score (nSPS) is 11.4. The van der Waals surface area contributed by atoms with Crippen molar-refractivity contribution in [2.45, 2.75) is 19.9 Å². The Kier molecular flexibility index (Phi) is 30.5. The summed E-state index contributed by atoms with van der Waals surface area (Å²) in [6, 6.07) is 7.55. The lowest BCUT2D eigenvalue weighted by atomic mass is 10.1. The number of hydrogen-bond acceptors (Lipinski definition) is 17. The SMILES string of the molecule is Cc1nnc(-c2ccc(CNC(=O)CCOCCOCCOCCOCCOCCOCCOCCOCCOCCOCCOCCN)cc2)nn1. The number of rotatable bonds is 38. The minimum absolute atomic E-state index is 0.0870. The lowest BCUT2D eigenvalue weighted by Gasteiger charge is -2.09. The van der Waals surface area contributed by atoms with Crippen LogP contribution in [0, 0.1) is 6.92 Å². The number of amides is 1. The van der Waals surface area contributed by atoms with E-state index in [9.17, 15) is 4.79 Å². The molecule has 2 rings (SSSR count). The van der Waals surface area contributed by atoms with Crippen LogP contribution in [0.3, 0.4) is 0 Å². The molecular formula is C35H60N6O12. The van der Waals surface area contributed by atoms with Crippen LogP contribution in [0.5, 0.6) is 0 Å². The molecule has 18 heteroatoms. The van der Waals surface area contributed by atoms with Crippen LogP contribution in [0.4, 0.5) is 0 Å². The average Bonchev–Trinajstić information content (AvgIpc) is 3.17. The van der Waals surface area contributed by atoms with Gasteiger partial charge in [-0.05, 0) is 12.5 Å². The molecule has 18 nitrogen and oxygen atoms in total. The fourth-order valence-corrected chi connectivity index (χ4v) is 4.01. The Labute approximate surface area is 312 Å². The predicted octanol–water partition coefficient (Wildman–Crippen LogP) is 0.390. The first-order valence-corrected chi connectivity index (χ1v) is 18.1. The standard InChI is InChI=1S/C35H60N6O12/c1-31-38-40-35(41-39-31)33-4-2-32(3-5-33)30-37-34(42)6-8-43-10-12-45-14-16-47-18-20-49-22-24-51-26-28-53-29-27-52-25-23-50-21-19-48-17-15-46-13-11-44-9-7-36/h2-5H,6-30,36H2,1H3,(H,37,42). The van der Waals surface area contributed by atoms with E-state index in [1.54, 1.807) is 6.92 Å². The summed E-state index contributed by atoms with van der Waals surface area (Å²) in [6.45, 7) is 13.3. The Hall–Kier alpha value is -2.85. The quantitative estimate of drug-likeness (QED) is 0.0889. The zero-order chi connectivity index (χ0) is 37.7. The first-order valence-electron chi connectivity index (χ1n) is 18.1. The molecule has 1 aromatic carbocycles. The Balaban J connectivity index is 1.20. The number of carbonyl (C=O) groups excluding carboxylic acids is 1. The van der Waals surface area contributed by atoms with Crippen LogP contribution in [-0.2, 0) is 63.4 Å². The third-order valence-corrected chi connectivity index (χ3v) is 6.74. The van der Waals surface area contributed by atoms with E-state index in [0.29, 0.717) is 170 Å². The molecule has 0 fully saturated rings. The number of nitrogens with zero attached hydrogens (tertiary/aromatic N) is 4. The van der Waals surface area contributed by atoms with Gasteiger partial charge >= 0.3 is 0 Å². The summed E-state index contributed by atoms with van der Waals surface area (Å²) in [5, 5.41) is 18.8. The molecule has 302 valence electrons. The van der Waals surface area contributed by atoms with Gasteiger partial charge in [0.05, 0.1) is 145 Å². The monoisotopic (exact) mass is 756 g/mol. The Morgan fingerprint density at radius 3 is 1.15 bits per heavy atom. The van der Waals surface area contributed by atoms with Crippen LogP contribution in [0.1, 0.15) is 17.8 Å². The summed E-state index contributed by atoms with van der Waals surface area (Å²) in [5.74, 6) is 0.886. The molecule has 0 spiro atoms. The molecule has 53 heavy (non-hydrogen) atoms. The van der Waals surface area contributed by atoms with Crippen molar-refractivity contribution in [1.29, 1.82) is 0 Å². The minimum Gasteiger partial charge on any atom is -0.379 e. The number of carbonyl (C=O) groups is 1. The third kappa shape index (κ3) is 28.3. The molecule has 0 saturated carbocycles. The summed E-state index contributed by atoms with van der Waals surface area (Å²) >= 11 is 0. The average molecular weight is 757 g/mol. The Morgan fingerprint density at radius 2 is 0.811 bits per heavy atom. The molecular weight excluding hydrogens is 696 g/mol. The number of ether oxygens (including phenoxy) is 11. The largest absolute Gasteiger partial charge is 0.379 e. The number of benzene rings is 1. The number of nitrogens with two attached hydrogens (primary N) is 1. The van der Waals surface area contributed by atoms with Crippen LogP contribution in [0.15, 0.2) is 24.3 Å². The predicted molar refractivity (Wildman–Crippen MR) is 192 cm³/mol. The highest BCUT2D eigenvalue weighted by molar-refractivity contribution is 5.76. The van der Waals surface area contributed by atoms with Crippen LogP contribution in [0.25, 0.3) is 11.4 Å². The van der Waals surface area contributed by atoms with Gasteiger partial charge in [-0.15, -0.1) is 20.4 Å². The van der Waals surface area contributed by atoms with E-state index >= 15 is 0 Å². The van der Waals surface area contributed by atoms with Crippen molar-refractivity contribution in [2.24, 2.45) is 5.73 Å². The molecule has 0 bridgehead atoms.